The third kappa shape index (κ3) is 3.30. The molecule has 150 valence electrons. The molecule has 2 heterocycles. The summed E-state index contributed by atoms with van der Waals surface area (Å²) in [6.45, 7) is 9.61. The zero-order valence-electron chi connectivity index (χ0n) is 17.2. The fourth-order valence-electron chi connectivity index (χ4n) is 4.42. The maximum atomic E-state index is 13.0. The predicted molar refractivity (Wildman–Crippen MR) is 115 cm³/mol. The number of anilines is 1. The Bertz CT molecular complexity index is 887. The summed E-state index contributed by atoms with van der Waals surface area (Å²) in [5.74, 6) is 1.54. The first-order chi connectivity index (χ1) is 13.4. The number of ether oxygens (including phenoxy) is 1. The predicted octanol–water partition coefficient (Wildman–Crippen LogP) is 5.54. The number of para-hydroxylation sites is 1. The van der Waals surface area contributed by atoms with Crippen LogP contribution >= 0.6 is 11.3 Å². The molecule has 4 rings (SSSR count). The fourth-order valence-corrected chi connectivity index (χ4v) is 5.77. The van der Waals surface area contributed by atoms with Crippen LogP contribution in [-0.4, -0.2) is 12.5 Å². The van der Waals surface area contributed by atoms with Crippen LogP contribution < -0.4 is 15.4 Å². The van der Waals surface area contributed by atoms with Crippen LogP contribution in [0.1, 0.15) is 73.1 Å². The summed E-state index contributed by atoms with van der Waals surface area (Å²) in [4.78, 5) is 14.4. The van der Waals surface area contributed by atoms with E-state index in [1.54, 1.807) is 11.3 Å². The number of carbonyl (C=O) groups is 1. The van der Waals surface area contributed by atoms with Crippen LogP contribution in [0.3, 0.4) is 0 Å². The number of amides is 1. The van der Waals surface area contributed by atoms with E-state index in [9.17, 15) is 4.79 Å². The maximum Gasteiger partial charge on any atom is 0.256 e. The molecule has 1 aromatic heterocycles. The number of hydrogen-bond donors (Lipinski definition) is 2. The Balaban J connectivity index is 1.64. The summed E-state index contributed by atoms with van der Waals surface area (Å²) in [6.07, 6.45) is 4.19. The summed E-state index contributed by atoms with van der Waals surface area (Å²) >= 11 is 1.78. The van der Waals surface area contributed by atoms with Crippen LogP contribution in [0, 0.1) is 11.3 Å². The average molecular weight is 399 g/mol. The fraction of sp³-hybridized carbons (Fsp3) is 0.522. The van der Waals surface area contributed by atoms with Crippen LogP contribution in [0.4, 0.5) is 5.00 Å². The second kappa shape index (κ2) is 7.43. The quantitative estimate of drug-likeness (QED) is 0.695. The summed E-state index contributed by atoms with van der Waals surface area (Å²) in [7, 11) is 0. The largest absolute Gasteiger partial charge is 0.493 e. The molecule has 1 aromatic carbocycles. The molecule has 5 heteroatoms. The summed E-state index contributed by atoms with van der Waals surface area (Å²) in [5, 5.41) is 7.74. The third-order valence-corrected chi connectivity index (χ3v) is 7.78. The van der Waals surface area contributed by atoms with Gasteiger partial charge in [-0.25, -0.2) is 0 Å². The Labute approximate surface area is 171 Å². The van der Waals surface area contributed by atoms with E-state index in [1.807, 2.05) is 31.2 Å². The van der Waals surface area contributed by atoms with Gasteiger partial charge in [0.25, 0.3) is 5.91 Å². The standard InChI is InChI=1S/C23H30N2O2S/c1-5-23(3,4)14-11-12-16-18(13-14)28-22-19(16)21(26)24-20(25-22)15-9-7-8-10-17(15)27-6-2/h7-10,14,20,25H,5-6,11-13H2,1-4H3,(H,24,26)/t14-,20+/m0/s1. The number of benzene rings is 1. The molecule has 4 nitrogen and oxygen atoms in total. The second-order valence-electron chi connectivity index (χ2n) is 8.51. The summed E-state index contributed by atoms with van der Waals surface area (Å²) in [5.41, 5.74) is 3.46. The third-order valence-electron chi connectivity index (χ3n) is 6.59. The smallest absolute Gasteiger partial charge is 0.256 e. The lowest BCUT2D eigenvalue weighted by Gasteiger charge is -2.36. The van der Waals surface area contributed by atoms with Crippen LogP contribution in [0.5, 0.6) is 5.75 Å². The van der Waals surface area contributed by atoms with E-state index in [-0.39, 0.29) is 12.1 Å². The van der Waals surface area contributed by atoms with Crippen molar-refractivity contribution in [3.8, 4) is 5.75 Å². The lowest BCUT2D eigenvalue weighted by Crippen LogP contribution is -2.38. The van der Waals surface area contributed by atoms with Gasteiger partial charge in [-0.05, 0) is 49.1 Å². The van der Waals surface area contributed by atoms with Crippen molar-refractivity contribution in [2.24, 2.45) is 11.3 Å². The molecule has 1 aliphatic heterocycles. The first-order valence-electron chi connectivity index (χ1n) is 10.4. The monoisotopic (exact) mass is 398 g/mol. The summed E-state index contributed by atoms with van der Waals surface area (Å²) in [6, 6.07) is 7.92. The normalized spacial score (nSPS) is 21.4. The van der Waals surface area contributed by atoms with Gasteiger partial charge < -0.3 is 15.4 Å². The molecule has 0 unspecified atom stereocenters. The molecule has 0 bridgehead atoms. The van der Waals surface area contributed by atoms with Crippen molar-refractivity contribution in [1.29, 1.82) is 0 Å². The highest BCUT2D eigenvalue weighted by molar-refractivity contribution is 7.16. The molecular weight excluding hydrogens is 368 g/mol. The molecule has 1 amide bonds. The van der Waals surface area contributed by atoms with Gasteiger partial charge in [0.15, 0.2) is 0 Å². The van der Waals surface area contributed by atoms with Gasteiger partial charge in [-0.15, -0.1) is 11.3 Å². The van der Waals surface area contributed by atoms with Crippen molar-refractivity contribution < 1.29 is 9.53 Å². The molecule has 28 heavy (non-hydrogen) atoms. The maximum absolute atomic E-state index is 13.0. The zero-order chi connectivity index (χ0) is 19.9. The van der Waals surface area contributed by atoms with Crippen LogP contribution in [0.15, 0.2) is 24.3 Å². The van der Waals surface area contributed by atoms with Crippen molar-refractivity contribution in [3.05, 3.63) is 45.8 Å². The van der Waals surface area contributed by atoms with E-state index < -0.39 is 0 Å². The highest BCUT2D eigenvalue weighted by Crippen LogP contribution is 2.47. The molecule has 2 atom stereocenters. The zero-order valence-corrected chi connectivity index (χ0v) is 18.0. The molecular formula is C23H30N2O2S. The van der Waals surface area contributed by atoms with E-state index in [0.29, 0.717) is 17.9 Å². The lowest BCUT2D eigenvalue weighted by molar-refractivity contribution is 0.0934. The van der Waals surface area contributed by atoms with E-state index >= 15 is 0 Å². The molecule has 0 fully saturated rings. The van der Waals surface area contributed by atoms with Gasteiger partial charge in [0, 0.05) is 10.4 Å². The molecule has 1 aliphatic carbocycles. The Morgan fingerprint density at radius 2 is 2.00 bits per heavy atom. The Morgan fingerprint density at radius 3 is 2.75 bits per heavy atom. The number of rotatable bonds is 5. The van der Waals surface area contributed by atoms with Crippen molar-refractivity contribution in [1.82, 2.24) is 5.32 Å². The first-order valence-corrected chi connectivity index (χ1v) is 11.2. The molecule has 0 spiro atoms. The van der Waals surface area contributed by atoms with E-state index in [2.05, 4.69) is 31.4 Å². The number of carbonyl (C=O) groups excluding carboxylic acids is 1. The Kier molecular flexibility index (Phi) is 5.13. The number of thiophene rings is 1. The number of nitrogens with one attached hydrogen (secondary N) is 2. The van der Waals surface area contributed by atoms with Gasteiger partial charge in [0.2, 0.25) is 0 Å². The molecule has 0 saturated carbocycles. The molecule has 2 N–H and O–H groups in total. The van der Waals surface area contributed by atoms with Gasteiger partial charge in [0.1, 0.15) is 16.9 Å². The number of hydrogen-bond acceptors (Lipinski definition) is 4. The van der Waals surface area contributed by atoms with Crippen molar-refractivity contribution in [2.45, 2.75) is 59.5 Å². The van der Waals surface area contributed by atoms with Gasteiger partial charge in [0.05, 0.1) is 12.2 Å². The molecule has 0 saturated heterocycles. The minimum Gasteiger partial charge on any atom is -0.493 e. The SMILES string of the molecule is CCOc1ccccc1[C@@H]1NC(=O)c2c(sc3c2CC[C@H](C(C)(C)CC)C3)N1. The van der Waals surface area contributed by atoms with Gasteiger partial charge in [-0.1, -0.05) is 45.4 Å². The molecule has 2 aromatic rings. The van der Waals surface area contributed by atoms with Crippen LogP contribution in [0.2, 0.25) is 0 Å². The average Bonchev–Trinajstić information content (AvgIpc) is 3.06. The molecule has 2 aliphatic rings. The second-order valence-corrected chi connectivity index (χ2v) is 9.62. The van der Waals surface area contributed by atoms with E-state index in [1.165, 1.54) is 23.3 Å². The summed E-state index contributed by atoms with van der Waals surface area (Å²) < 4.78 is 5.77. The van der Waals surface area contributed by atoms with Crippen LogP contribution in [0.25, 0.3) is 0 Å². The van der Waals surface area contributed by atoms with Crippen molar-refractivity contribution >= 4 is 22.2 Å². The van der Waals surface area contributed by atoms with Crippen molar-refractivity contribution in [3.63, 3.8) is 0 Å². The molecule has 0 radical (unpaired) electrons. The minimum atomic E-state index is -0.259. The number of fused-ring (bicyclic) bond motifs is 3. The van der Waals surface area contributed by atoms with E-state index in [0.717, 1.165) is 34.7 Å². The highest BCUT2D eigenvalue weighted by atomic mass is 32.1. The van der Waals surface area contributed by atoms with Gasteiger partial charge in [-0.3, -0.25) is 4.79 Å². The first kappa shape index (κ1) is 19.3. The lowest BCUT2D eigenvalue weighted by atomic mass is 9.69. The Hall–Kier alpha value is -2.01. The highest BCUT2D eigenvalue weighted by Gasteiger charge is 2.37. The minimum absolute atomic E-state index is 0.0377. The Morgan fingerprint density at radius 1 is 1.21 bits per heavy atom. The van der Waals surface area contributed by atoms with E-state index in [4.69, 9.17) is 4.74 Å². The van der Waals surface area contributed by atoms with Crippen LogP contribution in [-0.2, 0) is 12.8 Å². The topological polar surface area (TPSA) is 50.4 Å². The van der Waals surface area contributed by atoms with Gasteiger partial charge >= 0.3 is 0 Å². The van der Waals surface area contributed by atoms with Crippen molar-refractivity contribution in [2.75, 3.05) is 11.9 Å². The van der Waals surface area contributed by atoms with Gasteiger partial charge in [-0.2, -0.15) is 0 Å².